The molecule has 1 aliphatic rings. The maximum absolute atomic E-state index is 15.1. The van der Waals surface area contributed by atoms with Crippen LogP contribution < -0.4 is 43.4 Å². The number of aliphatic hydroxyl groups excluding tert-OH is 1. The van der Waals surface area contributed by atoms with Gasteiger partial charge < -0.3 is 53.0 Å². The van der Waals surface area contributed by atoms with Crippen LogP contribution in [0.3, 0.4) is 0 Å². The van der Waals surface area contributed by atoms with Crippen molar-refractivity contribution in [3.05, 3.63) is 114 Å². The normalized spacial score (nSPS) is 13.8. The van der Waals surface area contributed by atoms with E-state index in [4.69, 9.17) is 22.2 Å². The maximum Gasteiger partial charge on any atom is 0.312 e. The Balaban J connectivity index is 1.25. The van der Waals surface area contributed by atoms with E-state index in [0.717, 1.165) is 45.7 Å². The van der Waals surface area contributed by atoms with E-state index in [-0.39, 0.29) is 74.5 Å². The molecule has 0 saturated carbocycles. The quantitative estimate of drug-likeness (QED) is 0.0348. The number of benzene rings is 3. The Bertz CT molecular complexity index is 2770. The van der Waals surface area contributed by atoms with Crippen LogP contribution in [-0.4, -0.2) is 129 Å². The van der Waals surface area contributed by atoms with Crippen LogP contribution in [-0.2, 0) is 44.9 Å². The zero-order valence-electron chi connectivity index (χ0n) is 41.9. The highest BCUT2D eigenvalue weighted by Crippen LogP contribution is 2.40. The summed E-state index contributed by atoms with van der Waals surface area (Å²) in [5, 5.41) is 20.3. The van der Waals surface area contributed by atoms with Gasteiger partial charge in [-0.1, -0.05) is 51.1 Å². The van der Waals surface area contributed by atoms with E-state index in [9.17, 15) is 52.6 Å². The standard InChI is InChI=1S/C51H62F2N12O10/c1-30(49(74)65(39(46(55)72)11-8-22-58-50(56)75)34-15-13-33(14-16-34)60-41(68)28-64-42(69)18-19-43(64)70)59-40(67)20-23-57-48(73)37(54)21-24-63(44(71)29-66)45(51(2,3)4)47-61-38(35-25-32(52)12-17-36(35)53)27-62(47)26-31-9-6-5-7-10-31/h5-7,9-10,12-19,25,27,30,37,39,45,66H,8,11,20-24,26,28-29,54H2,1-4H3,(H2,55,72)(H,57,73)(H,59,67)(H,60,68)(H3,56,58,75)/t30-,37-,39-,45-/m0/s1. The van der Waals surface area contributed by atoms with Crippen LogP contribution in [0, 0.1) is 17.0 Å². The van der Waals surface area contributed by atoms with Crippen molar-refractivity contribution in [3.8, 4) is 11.3 Å². The van der Waals surface area contributed by atoms with Crippen molar-refractivity contribution >= 4 is 64.7 Å². The van der Waals surface area contributed by atoms with Crippen LogP contribution in [0.4, 0.5) is 25.0 Å². The molecule has 2 heterocycles. The molecule has 0 saturated heterocycles. The van der Waals surface area contributed by atoms with Gasteiger partial charge >= 0.3 is 6.03 Å². The number of amides is 10. The lowest BCUT2D eigenvalue weighted by molar-refractivity contribution is -0.140. The number of carbonyl (C=O) groups is 9. The number of carbonyl (C=O) groups excluding carboxylic acids is 9. The second kappa shape index (κ2) is 26.0. The number of aromatic nitrogens is 2. The molecule has 1 aromatic heterocycles. The van der Waals surface area contributed by atoms with Crippen LogP contribution in [0.15, 0.2) is 91.1 Å². The number of imide groups is 1. The smallest absolute Gasteiger partial charge is 0.312 e. The van der Waals surface area contributed by atoms with Crippen molar-refractivity contribution in [2.45, 2.75) is 84.1 Å². The zero-order valence-corrected chi connectivity index (χ0v) is 41.9. The van der Waals surface area contributed by atoms with Gasteiger partial charge in [0, 0.05) is 67.9 Å². The molecule has 0 radical (unpaired) electrons. The van der Waals surface area contributed by atoms with Crippen molar-refractivity contribution in [2.24, 2.45) is 22.6 Å². The van der Waals surface area contributed by atoms with Gasteiger partial charge in [-0.25, -0.2) is 18.6 Å². The third kappa shape index (κ3) is 15.8. The topological polar surface area (TPSA) is 328 Å². The number of hydrogen-bond acceptors (Lipinski definition) is 12. The molecule has 0 bridgehead atoms. The number of halogens is 2. The number of rotatable bonds is 25. The van der Waals surface area contributed by atoms with E-state index in [2.05, 4.69) is 21.3 Å². The van der Waals surface area contributed by atoms with Gasteiger partial charge in [-0.05, 0) is 79.6 Å². The number of aliphatic hydroxyl groups is 1. The highest BCUT2D eigenvalue weighted by molar-refractivity contribution is 6.15. The molecule has 400 valence electrons. The van der Waals surface area contributed by atoms with E-state index in [1.165, 1.54) is 36.1 Å². The number of nitrogens with two attached hydrogens (primary N) is 3. The van der Waals surface area contributed by atoms with E-state index < -0.39 is 108 Å². The van der Waals surface area contributed by atoms with Crippen molar-refractivity contribution in [1.29, 1.82) is 0 Å². The van der Waals surface area contributed by atoms with E-state index in [1.807, 2.05) is 51.1 Å². The Labute approximate surface area is 431 Å². The lowest BCUT2D eigenvalue weighted by atomic mass is 9.84. The molecule has 0 unspecified atom stereocenters. The average Bonchev–Trinajstić information content (AvgIpc) is 3.91. The summed E-state index contributed by atoms with van der Waals surface area (Å²) < 4.78 is 31.3. The number of anilines is 2. The van der Waals surface area contributed by atoms with Crippen LogP contribution in [0.1, 0.15) is 70.8 Å². The summed E-state index contributed by atoms with van der Waals surface area (Å²) in [6.07, 6.45) is 3.25. The Hall–Kier alpha value is -8.38. The van der Waals surface area contributed by atoms with E-state index in [0.29, 0.717) is 5.82 Å². The fourth-order valence-corrected chi connectivity index (χ4v) is 8.29. The first-order valence-electron chi connectivity index (χ1n) is 23.9. The number of primary amides is 2. The van der Waals surface area contributed by atoms with Gasteiger partial charge in [0.15, 0.2) is 0 Å². The molecule has 4 aromatic rings. The summed E-state index contributed by atoms with van der Waals surface area (Å²) in [5.74, 6) is -6.93. The molecule has 5 rings (SSSR count). The lowest BCUT2D eigenvalue weighted by Gasteiger charge is -2.40. The van der Waals surface area contributed by atoms with Crippen LogP contribution in [0.25, 0.3) is 11.3 Å². The third-order valence-corrected chi connectivity index (χ3v) is 11.9. The molecule has 0 aliphatic carbocycles. The maximum atomic E-state index is 15.1. The minimum atomic E-state index is -1.31. The van der Waals surface area contributed by atoms with Crippen molar-refractivity contribution in [1.82, 2.24) is 35.3 Å². The Kier molecular flexibility index (Phi) is 20.0. The summed E-state index contributed by atoms with van der Waals surface area (Å²) in [7, 11) is 0. The average molecular weight is 1040 g/mol. The van der Waals surface area contributed by atoms with Gasteiger partial charge in [0.25, 0.3) is 11.8 Å². The zero-order chi connectivity index (χ0) is 55.1. The van der Waals surface area contributed by atoms with Crippen molar-refractivity contribution in [2.75, 3.05) is 43.0 Å². The largest absolute Gasteiger partial charge is 0.387 e. The Morgan fingerprint density at radius 2 is 1.52 bits per heavy atom. The Morgan fingerprint density at radius 3 is 2.13 bits per heavy atom. The number of hydrogen-bond donors (Lipinski definition) is 8. The molecule has 24 heteroatoms. The number of nitrogens with one attached hydrogen (secondary N) is 4. The summed E-state index contributed by atoms with van der Waals surface area (Å²) in [5.41, 5.74) is 17.7. The summed E-state index contributed by atoms with van der Waals surface area (Å²) in [4.78, 5) is 123. The van der Waals surface area contributed by atoms with Crippen molar-refractivity contribution in [3.63, 3.8) is 0 Å². The number of imidazole rings is 1. The molecule has 11 N–H and O–H groups in total. The second-order valence-corrected chi connectivity index (χ2v) is 18.7. The third-order valence-electron chi connectivity index (χ3n) is 11.9. The van der Waals surface area contributed by atoms with Crippen LogP contribution in [0.2, 0.25) is 0 Å². The highest BCUT2D eigenvalue weighted by atomic mass is 19.1. The first-order valence-corrected chi connectivity index (χ1v) is 23.9. The summed E-state index contributed by atoms with van der Waals surface area (Å²) >= 11 is 0. The van der Waals surface area contributed by atoms with Gasteiger partial charge in [-0.2, -0.15) is 0 Å². The molecular weight excluding hydrogens is 979 g/mol. The molecule has 0 fully saturated rings. The molecule has 22 nitrogen and oxygen atoms in total. The molecular formula is C51H62F2N12O10. The van der Waals surface area contributed by atoms with E-state index in [1.54, 1.807) is 10.8 Å². The van der Waals surface area contributed by atoms with Crippen LogP contribution in [0.5, 0.6) is 0 Å². The van der Waals surface area contributed by atoms with Gasteiger partial charge in [0.05, 0.1) is 17.8 Å². The highest BCUT2D eigenvalue weighted by Gasteiger charge is 2.39. The summed E-state index contributed by atoms with van der Waals surface area (Å²) in [6.45, 7) is 5.23. The molecule has 1 aliphatic heterocycles. The molecule has 75 heavy (non-hydrogen) atoms. The molecule has 0 spiro atoms. The predicted molar refractivity (Wildman–Crippen MR) is 270 cm³/mol. The lowest BCUT2D eigenvalue weighted by Crippen LogP contribution is -2.55. The number of urea groups is 1. The SMILES string of the molecule is C[C@H](NC(=O)CCNC(=O)[C@@H](N)CCN(C(=O)CO)[C@@H](c1nc(-c2cc(F)ccc2F)cn1Cc1ccccc1)C(C)(C)C)C(=O)N(c1ccc(NC(=O)CN2C(=O)C=CC2=O)cc1)[C@@H](CCCNC(N)=O)C(N)=O. The van der Waals surface area contributed by atoms with Crippen molar-refractivity contribution < 1.29 is 57.0 Å². The number of nitrogens with zero attached hydrogens (tertiary/aromatic N) is 5. The summed E-state index contributed by atoms with van der Waals surface area (Å²) in [6, 6.07) is 12.3. The van der Waals surface area contributed by atoms with E-state index >= 15 is 4.39 Å². The molecule has 10 amide bonds. The molecule has 3 aromatic carbocycles. The minimum absolute atomic E-state index is 0.0342. The monoisotopic (exact) mass is 1040 g/mol. The Morgan fingerprint density at radius 1 is 0.853 bits per heavy atom. The fourth-order valence-electron chi connectivity index (χ4n) is 8.29. The van der Waals surface area contributed by atoms with Gasteiger partial charge in [-0.3, -0.25) is 48.2 Å². The second-order valence-electron chi connectivity index (χ2n) is 18.7. The van der Waals surface area contributed by atoms with Gasteiger partial charge in [0.2, 0.25) is 35.4 Å². The first-order chi connectivity index (χ1) is 35.5. The van der Waals surface area contributed by atoms with Gasteiger partial charge in [0.1, 0.15) is 42.7 Å². The van der Waals surface area contributed by atoms with Gasteiger partial charge in [-0.15, -0.1) is 0 Å². The minimum Gasteiger partial charge on any atom is -0.387 e. The first kappa shape index (κ1) is 57.5. The molecule has 4 atom stereocenters. The fraction of sp³-hybridized carbons (Fsp3) is 0.373. The van der Waals surface area contributed by atoms with Crippen LogP contribution >= 0.6 is 0 Å². The predicted octanol–water partition coefficient (Wildman–Crippen LogP) is 1.71.